The largest absolute Gasteiger partial charge is 0.275 e. The third-order valence-corrected chi connectivity index (χ3v) is 3.66. The van der Waals surface area contributed by atoms with Gasteiger partial charge >= 0.3 is 0 Å². The second kappa shape index (κ2) is 6.16. The Morgan fingerprint density at radius 2 is 1.53 bits per heavy atom. The highest BCUT2D eigenvalue weighted by molar-refractivity contribution is 8.13. The Labute approximate surface area is 105 Å². The summed E-state index contributed by atoms with van der Waals surface area (Å²) in [5.74, 6) is -0.589. The number of hydrogen-bond acceptors (Lipinski definition) is 4. The van der Waals surface area contributed by atoms with Gasteiger partial charge in [-0.3, -0.25) is 14.5 Å². The summed E-state index contributed by atoms with van der Waals surface area (Å²) in [5, 5.41) is 0. The molecule has 1 aliphatic heterocycles. The van der Waals surface area contributed by atoms with Crippen LogP contribution < -0.4 is 0 Å². The molecule has 0 unspecified atom stereocenters. The second-order valence-corrected chi connectivity index (χ2v) is 6.72. The number of amides is 2. The van der Waals surface area contributed by atoms with Crippen molar-refractivity contribution in [3.63, 3.8) is 0 Å². The van der Waals surface area contributed by atoms with Crippen LogP contribution >= 0.6 is 10.7 Å². The average molecular weight is 280 g/mol. The summed E-state index contributed by atoms with van der Waals surface area (Å²) in [7, 11) is 1.65. The lowest BCUT2D eigenvalue weighted by molar-refractivity contribution is -0.136. The minimum Gasteiger partial charge on any atom is -0.275 e. The summed E-state index contributed by atoms with van der Waals surface area (Å²) in [4.78, 5) is 23.5. The van der Waals surface area contributed by atoms with Crippen molar-refractivity contribution in [3.05, 3.63) is 12.2 Å². The summed E-state index contributed by atoms with van der Waals surface area (Å²) >= 11 is 0. The Morgan fingerprint density at radius 3 is 2.06 bits per heavy atom. The van der Waals surface area contributed by atoms with Crippen LogP contribution in [0.1, 0.15) is 25.7 Å². The Balaban J connectivity index is 2.09. The van der Waals surface area contributed by atoms with Crippen LogP contribution in [0.25, 0.3) is 0 Å². The van der Waals surface area contributed by atoms with Gasteiger partial charge in [-0.05, 0) is 12.8 Å². The van der Waals surface area contributed by atoms with Gasteiger partial charge < -0.3 is 0 Å². The second-order valence-electron chi connectivity index (χ2n) is 3.82. The van der Waals surface area contributed by atoms with Crippen LogP contribution in [0.4, 0.5) is 0 Å². The van der Waals surface area contributed by atoms with Crippen molar-refractivity contribution < 1.29 is 18.0 Å². The first kappa shape index (κ1) is 14.2. The Morgan fingerprint density at radius 1 is 1.00 bits per heavy atom. The van der Waals surface area contributed by atoms with Gasteiger partial charge in [-0.1, -0.05) is 12.8 Å². The minimum atomic E-state index is -3.40. The normalized spacial score (nSPS) is 15.9. The lowest BCUT2D eigenvalue weighted by Gasteiger charge is -2.12. The molecule has 7 heteroatoms. The monoisotopic (exact) mass is 279 g/mol. The molecule has 0 aromatic carbocycles. The molecule has 0 saturated carbocycles. The van der Waals surface area contributed by atoms with Crippen LogP contribution in [0.5, 0.6) is 0 Å². The van der Waals surface area contributed by atoms with Gasteiger partial charge in [-0.25, -0.2) is 8.42 Å². The Hall–Kier alpha value is -0.880. The van der Waals surface area contributed by atoms with Gasteiger partial charge in [0.25, 0.3) is 11.8 Å². The van der Waals surface area contributed by atoms with Gasteiger partial charge in [0, 0.05) is 29.4 Å². The molecular weight excluding hydrogens is 266 g/mol. The molecule has 1 aliphatic rings. The minimum absolute atomic E-state index is 0.0301. The summed E-state index contributed by atoms with van der Waals surface area (Å²) in [6, 6.07) is 0. The fraction of sp³-hybridized carbons (Fsp3) is 0.600. The number of nitrogens with zero attached hydrogens (tertiary/aromatic N) is 1. The third-order valence-electron chi connectivity index (χ3n) is 2.42. The molecule has 0 atom stereocenters. The Kier molecular flexibility index (Phi) is 5.14. The summed E-state index contributed by atoms with van der Waals surface area (Å²) in [6.07, 6.45) is 5.18. The first-order valence-corrected chi connectivity index (χ1v) is 7.84. The molecular formula is C10H14ClNO4S. The molecule has 0 fully saturated rings. The molecule has 2 amide bonds. The number of carbonyl (C=O) groups excluding carboxylic acids is 2. The third kappa shape index (κ3) is 5.32. The predicted octanol–water partition coefficient (Wildman–Crippen LogP) is 1.04. The van der Waals surface area contributed by atoms with Gasteiger partial charge in [-0.15, -0.1) is 0 Å². The van der Waals surface area contributed by atoms with Crippen LogP contribution in [0, 0.1) is 0 Å². The van der Waals surface area contributed by atoms with E-state index in [0.29, 0.717) is 19.4 Å². The van der Waals surface area contributed by atoms with Gasteiger partial charge in [-0.2, -0.15) is 0 Å². The van der Waals surface area contributed by atoms with E-state index in [1.165, 1.54) is 17.1 Å². The fourth-order valence-electron chi connectivity index (χ4n) is 1.55. The first-order valence-electron chi connectivity index (χ1n) is 5.36. The highest BCUT2D eigenvalue weighted by Crippen LogP contribution is 2.09. The smallest absolute Gasteiger partial charge is 0.253 e. The number of rotatable bonds is 7. The van der Waals surface area contributed by atoms with Crippen LogP contribution in [-0.2, 0) is 18.6 Å². The van der Waals surface area contributed by atoms with Crippen molar-refractivity contribution in [2.24, 2.45) is 0 Å². The van der Waals surface area contributed by atoms with Gasteiger partial charge in [0.15, 0.2) is 0 Å². The van der Waals surface area contributed by atoms with Crippen molar-refractivity contribution in [1.82, 2.24) is 4.90 Å². The van der Waals surface area contributed by atoms with E-state index in [2.05, 4.69) is 0 Å². The number of unbranched alkanes of at least 4 members (excludes halogenated alkanes) is 3. The first-order chi connectivity index (χ1) is 7.90. The molecule has 1 heterocycles. The maximum atomic E-state index is 11.2. The molecule has 0 N–H and O–H groups in total. The molecule has 5 nitrogen and oxygen atoms in total. The maximum Gasteiger partial charge on any atom is 0.253 e. The van der Waals surface area contributed by atoms with E-state index in [-0.39, 0.29) is 17.6 Å². The van der Waals surface area contributed by atoms with Gasteiger partial charge in [0.2, 0.25) is 9.05 Å². The summed E-state index contributed by atoms with van der Waals surface area (Å²) < 4.78 is 21.2. The SMILES string of the molecule is O=C1C=CC(=O)N1CCCCCCS(=O)(=O)Cl. The van der Waals surface area contributed by atoms with Crippen molar-refractivity contribution in [3.8, 4) is 0 Å². The number of hydrogen-bond donors (Lipinski definition) is 0. The summed E-state index contributed by atoms with van der Waals surface area (Å²) in [5.41, 5.74) is 0. The molecule has 0 aliphatic carbocycles. The lowest BCUT2D eigenvalue weighted by Crippen LogP contribution is -2.30. The van der Waals surface area contributed by atoms with Crippen LogP contribution in [0.3, 0.4) is 0 Å². The van der Waals surface area contributed by atoms with Crippen molar-refractivity contribution in [2.75, 3.05) is 12.3 Å². The summed E-state index contributed by atoms with van der Waals surface area (Å²) in [6.45, 7) is 0.387. The molecule has 0 radical (unpaired) electrons. The van der Waals surface area contributed by atoms with E-state index in [1.807, 2.05) is 0 Å². The zero-order chi connectivity index (χ0) is 12.9. The molecule has 0 aromatic heterocycles. The van der Waals surface area contributed by atoms with Crippen LogP contribution in [0.15, 0.2) is 12.2 Å². The van der Waals surface area contributed by atoms with Gasteiger partial charge in [0.05, 0.1) is 5.75 Å². The van der Waals surface area contributed by atoms with Crippen LogP contribution in [-0.4, -0.2) is 37.4 Å². The number of imide groups is 1. The molecule has 17 heavy (non-hydrogen) atoms. The van der Waals surface area contributed by atoms with E-state index < -0.39 is 9.05 Å². The molecule has 0 saturated heterocycles. The predicted molar refractivity (Wildman–Crippen MR) is 64.0 cm³/mol. The van der Waals surface area contributed by atoms with Crippen molar-refractivity contribution in [2.45, 2.75) is 25.7 Å². The number of halogens is 1. The van der Waals surface area contributed by atoms with E-state index in [4.69, 9.17) is 10.7 Å². The zero-order valence-electron chi connectivity index (χ0n) is 9.26. The molecule has 0 bridgehead atoms. The lowest BCUT2D eigenvalue weighted by atomic mass is 10.2. The zero-order valence-corrected chi connectivity index (χ0v) is 10.8. The fourth-order valence-corrected chi connectivity index (χ4v) is 2.43. The van der Waals surface area contributed by atoms with E-state index in [9.17, 15) is 18.0 Å². The average Bonchev–Trinajstić information content (AvgIpc) is 2.52. The standard InChI is InChI=1S/C10H14ClNO4S/c11-17(15,16)8-4-2-1-3-7-12-9(13)5-6-10(12)14/h5-6H,1-4,7-8H2. The van der Waals surface area contributed by atoms with Crippen molar-refractivity contribution >= 4 is 31.5 Å². The Bertz CT molecular complexity index is 412. The topological polar surface area (TPSA) is 71.5 Å². The molecule has 0 aromatic rings. The van der Waals surface area contributed by atoms with E-state index in [0.717, 1.165) is 12.8 Å². The maximum absolute atomic E-state index is 11.2. The van der Waals surface area contributed by atoms with E-state index in [1.54, 1.807) is 0 Å². The number of carbonyl (C=O) groups is 2. The highest BCUT2D eigenvalue weighted by Gasteiger charge is 2.22. The van der Waals surface area contributed by atoms with Crippen LogP contribution in [0.2, 0.25) is 0 Å². The van der Waals surface area contributed by atoms with Crippen molar-refractivity contribution in [1.29, 1.82) is 0 Å². The molecule has 1 rings (SSSR count). The van der Waals surface area contributed by atoms with E-state index >= 15 is 0 Å². The molecule has 96 valence electrons. The van der Waals surface area contributed by atoms with Gasteiger partial charge in [0.1, 0.15) is 0 Å². The quantitative estimate of drug-likeness (QED) is 0.397. The molecule has 0 spiro atoms. The highest BCUT2D eigenvalue weighted by atomic mass is 35.7.